The van der Waals surface area contributed by atoms with Crippen molar-refractivity contribution in [1.82, 2.24) is 4.90 Å². The summed E-state index contributed by atoms with van der Waals surface area (Å²) < 4.78 is 0. The molecule has 0 radical (unpaired) electrons. The lowest BCUT2D eigenvalue weighted by atomic mass is 10.00. The summed E-state index contributed by atoms with van der Waals surface area (Å²) in [5.41, 5.74) is 9.57. The summed E-state index contributed by atoms with van der Waals surface area (Å²) in [6.45, 7) is 5.62. The number of para-hydroxylation sites is 2. The fraction of sp³-hybridized carbons (Fsp3) is 0.259. The van der Waals surface area contributed by atoms with Crippen LogP contribution in [0.25, 0.3) is 0 Å². The normalized spacial score (nSPS) is 15.1. The Bertz CT molecular complexity index is 1110. The molecule has 4 rings (SSSR count). The Labute approximate surface area is 195 Å². The average Bonchev–Trinajstić information content (AvgIpc) is 2.85. The van der Waals surface area contributed by atoms with Crippen LogP contribution in [0.5, 0.6) is 0 Å². The molecule has 1 saturated heterocycles. The molecule has 1 atom stereocenters. The summed E-state index contributed by atoms with van der Waals surface area (Å²) in [6.07, 6.45) is 0. The number of carbonyl (C=O) groups excluding carboxylic acids is 2. The highest BCUT2D eigenvalue weighted by Crippen LogP contribution is 2.20. The second-order valence-electron chi connectivity index (χ2n) is 8.40. The van der Waals surface area contributed by atoms with E-state index < -0.39 is 5.91 Å². The van der Waals surface area contributed by atoms with Gasteiger partial charge in [0.25, 0.3) is 5.91 Å². The minimum absolute atomic E-state index is 0.0796. The molecule has 33 heavy (non-hydrogen) atoms. The van der Waals surface area contributed by atoms with Gasteiger partial charge in [-0.15, -0.1) is 0 Å². The Morgan fingerprint density at radius 2 is 1.61 bits per heavy atom. The van der Waals surface area contributed by atoms with Gasteiger partial charge in [0.15, 0.2) is 5.78 Å². The number of nitrogens with two attached hydrogens (primary N) is 1. The van der Waals surface area contributed by atoms with Gasteiger partial charge in [0, 0.05) is 49.7 Å². The first kappa shape index (κ1) is 22.6. The van der Waals surface area contributed by atoms with Crippen LogP contribution in [-0.2, 0) is 0 Å². The molecule has 0 spiro atoms. The molecular formula is C27H30N4O2. The standard InChI is InChI=1S/C27H30N4O2/c1-20-8-7-9-21(18-20)26(32)25(19-29-24-13-6-5-12-23(24)27(28)33)31-16-14-30(15-17-31)22-10-3-2-4-11-22/h2-13,18,25,29H,14-17,19H2,1H3,(H2,28,33). The number of ketones is 1. The maximum absolute atomic E-state index is 13.6. The van der Waals surface area contributed by atoms with Crippen molar-refractivity contribution in [3.63, 3.8) is 0 Å². The fourth-order valence-electron chi connectivity index (χ4n) is 4.37. The first-order valence-corrected chi connectivity index (χ1v) is 11.3. The zero-order valence-corrected chi connectivity index (χ0v) is 18.9. The molecule has 0 aliphatic carbocycles. The lowest BCUT2D eigenvalue weighted by Gasteiger charge is -2.40. The number of nitrogens with zero attached hydrogens (tertiary/aromatic N) is 2. The molecule has 0 aromatic heterocycles. The Balaban J connectivity index is 1.53. The molecule has 0 bridgehead atoms. The monoisotopic (exact) mass is 442 g/mol. The molecule has 1 unspecified atom stereocenters. The van der Waals surface area contributed by atoms with Crippen LogP contribution in [0.4, 0.5) is 11.4 Å². The highest BCUT2D eigenvalue weighted by molar-refractivity contribution is 6.01. The summed E-state index contributed by atoms with van der Waals surface area (Å²) in [5.74, 6) is -0.410. The van der Waals surface area contributed by atoms with Crippen molar-refractivity contribution >= 4 is 23.1 Å². The van der Waals surface area contributed by atoms with Gasteiger partial charge < -0.3 is 16.0 Å². The number of aryl methyl sites for hydroxylation is 1. The highest BCUT2D eigenvalue weighted by atomic mass is 16.1. The predicted octanol–water partition coefficient (Wildman–Crippen LogP) is 3.58. The van der Waals surface area contributed by atoms with Gasteiger partial charge >= 0.3 is 0 Å². The van der Waals surface area contributed by atoms with Crippen molar-refractivity contribution in [2.24, 2.45) is 5.73 Å². The summed E-state index contributed by atoms with van der Waals surface area (Å²) >= 11 is 0. The zero-order valence-electron chi connectivity index (χ0n) is 18.9. The predicted molar refractivity (Wildman–Crippen MR) is 133 cm³/mol. The van der Waals surface area contributed by atoms with Crippen molar-refractivity contribution in [3.05, 3.63) is 95.6 Å². The number of hydrogen-bond acceptors (Lipinski definition) is 5. The Hall–Kier alpha value is -3.64. The maximum Gasteiger partial charge on any atom is 0.250 e. The zero-order chi connectivity index (χ0) is 23.2. The molecule has 6 heteroatoms. The smallest absolute Gasteiger partial charge is 0.250 e. The molecule has 6 nitrogen and oxygen atoms in total. The van der Waals surface area contributed by atoms with Crippen LogP contribution in [0.2, 0.25) is 0 Å². The number of rotatable bonds is 8. The molecule has 0 saturated carbocycles. The third-order valence-electron chi connectivity index (χ3n) is 6.16. The minimum Gasteiger partial charge on any atom is -0.382 e. The van der Waals surface area contributed by atoms with E-state index in [0.29, 0.717) is 23.4 Å². The molecule has 1 fully saturated rings. The second kappa shape index (κ2) is 10.3. The Morgan fingerprint density at radius 1 is 0.909 bits per heavy atom. The first-order chi connectivity index (χ1) is 16.0. The maximum atomic E-state index is 13.6. The SMILES string of the molecule is Cc1cccc(C(=O)C(CNc2ccccc2C(N)=O)N2CCN(c3ccccc3)CC2)c1. The van der Waals surface area contributed by atoms with Gasteiger partial charge in [-0.25, -0.2) is 0 Å². The fourth-order valence-corrected chi connectivity index (χ4v) is 4.37. The van der Waals surface area contributed by atoms with Gasteiger partial charge in [-0.05, 0) is 37.3 Å². The summed E-state index contributed by atoms with van der Waals surface area (Å²) in [6, 6.07) is 24.9. The van der Waals surface area contributed by atoms with Crippen LogP contribution < -0.4 is 16.0 Å². The first-order valence-electron chi connectivity index (χ1n) is 11.3. The number of hydrogen-bond donors (Lipinski definition) is 2. The van der Waals surface area contributed by atoms with Crippen LogP contribution in [0.15, 0.2) is 78.9 Å². The van der Waals surface area contributed by atoms with E-state index in [-0.39, 0.29) is 11.8 Å². The van der Waals surface area contributed by atoms with E-state index in [2.05, 4.69) is 27.2 Å². The van der Waals surface area contributed by atoms with E-state index in [4.69, 9.17) is 5.73 Å². The molecule has 1 aliphatic heterocycles. The van der Waals surface area contributed by atoms with E-state index in [1.54, 1.807) is 12.1 Å². The Kier molecular flexibility index (Phi) is 7.05. The molecule has 3 aromatic rings. The molecular weight excluding hydrogens is 412 g/mol. The minimum atomic E-state index is -0.490. The molecule has 3 aromatic carbocycles. The lowest BCUT2D eigenvalue weighted by Crippen LogP contribution is -2.55. The molecule has 1 heterocycles. The van der Waals surface area contributed by atoms with Gasteiger partial charge in [-0.1, -0.05) is 54.1 Å². The van der Waals surface area contributed by atoms with Crippen molar-refractivity contribution in [2.75, 3.05) is 42.9 Å². The number of benzene rings is 3. The van der Waals surface area contributed by atoms with Crippen LogP contribution in [0, 0.1) is 6.92 Å². The quantitative estimate of drug-likeness (QED) is 0.522. The van der Waals surface area contributed by atoms with E-state index in [1.165, 1.54) is 5.69 Å². The number of Topliss-reactive ketones (excluding diaryl/α,β-unsaturated/α-hetero) is 1. The Morgan fingerprint density at radius 3 is 2.30 bits per heavy atom. The van der Waals surface area contributed by atoms with Crippen molar-refractivity contribution in [3.8, 4) is 0 Å². The largest absolute Gasteiger partial charge is 0.382 e. The van der Waals surface area contributed by atoms with E-state index in [1.807, 2.05) is 61.5 Å². The third-order valence-corrected chi connectivity index (χ3v) is 6.16. The van der Waals surface area contributed by atoms with Gasteiger partial charge in [-0.3, -0.25) is 14.5 Å². The van der Waals surface area contributed by atoms with E-state index >= 15 is 0 Å². The van der Waals surface area contributed by atoms with Gasteiger partial charge in [0.2, 0.25) is 0 Å². The second-order valence-corrected chi connectivity index (χ2v) is 8.40. The third kappa shape index (κ3) is 5.41. The average molecular weight is 443 g/mol. The summed E-state index contributed by atoms with van der Waals surface area (Å²) in [5, 5.41) is 3.32. The number of piperazine rings is 1. The highest BCUT2D eigenvalue weighted by Gasteiger charge is 2.30. The number of anilines is 2. The molecule has 3 N–H and O–H groups in total. The number of primary amides is 1. The van der Waals surface area contributed by atoms with Gasteiger partial charge in [-0.2, -0.15) is 0 Å². The lowest BCUT2D eigenvalue weighted by molar-refractivity contribution is 0.0822. The van der Waals surface area contributed by atoms with Crippen molar-refractivity contribution in [1.29, 1.82) is 0 Å². The van der Waals surface area contributed by atoms with Crippen molar-refractivity contribution < 1.29 is 9.59 Å². The van der Waals surface area contributed by atoms with Gasteiger partial charge in [0.05, 0.1) is 11.6 Å². The molecule has 170 valence electrons. The number of carbonyl (C=O) groups is 2. The number of nitrogens with one attached hydrogen (secondary N) is 1. The molecule has 1 amide bonds. The molecule has 1 aliphatic rings. The number of amides is 1. The van der Waals surface area contributed by atoms with E-state index in [9.17, 15) is 9.59 Å². The topological polar surface area (TPSA) is 78.7 Å². The van der Waals surface area contributed by atoms with Crippen LogP contribution >= 0.6 is 0 Å². The summed E-state index contributed by atoms with van der Waals surface area (Å²) in [7, 11) is 0. The van der Waals surface area contributed by atoms with Crippen LogP contribution in [0.1, 0.15) is 26.3 Å². The van der Waals surface area contributed by atoms with E-state index in [0.717, 1.165) is 31.7 Å². The van der Waals surface area contributed by atoms with Crippen LogP contribution in [-0.4, -0.2) is 55.4 Å². The van der Waals surface area contributed by atoms with Crippen molar-refractivity contribution in [2.45, 2.75) is 13.0 Å². The van der Waals surface area contributed by atoms with Gasteiger partial charge in [0.1, 0.15) is 0 Å². The summed E-state index contributed by atoms with van der Waals surface area (Å²) in [4.78, 5) is 30.0. The van der Waals surface area contributed by atoms with Crippen LogP contribution in [0.3, 0.4) is 0 Å².